The maximum absolute atomic E-state index is 13.5. The summed E-state index contributed by atoms with van der Waals surface area (Å²) in [5.41, 5.74) is 2.32. The van der Waals surface area contributed by atoms with Crippen LogP contribution < -0.4 is 0 Å². The monoisotopic (exact) mass is 298 g/mol. The lowest BCUT2D eigenvalue weighted by Crippen LogP contribution is -2.22. The van der Waals surface area contributed by atoms with Crippen molar-refractivity contribution < 1.29 is 9.18 Å². The smallest absolute Gasteiger partial charge is 0.254 e. The maximum atomic E-state index is 13.5. The van der Waals surface area contributed by atoms with Crippen molar-refractivity contribution >= 4 is 16.8 Å². The highest BCUT2D eigenvalue weighted by Crippen LogP contribution is 2.25. The lowest BCUT2D eigenvalue weighted by molar-refractivity contribution is 0.0829. The molecule has 5 nitrogen and oxygen atoms in total. The molecule has 6 heteroatoms. The third kappa shape index (κ3) is 2.43. The first-order valence-corrected chi connectivity index (χ1v) is 6.76. The van der Waals surface area contributed by atoms with E-state index in [9.17, 15) is 9.18 Å². The van der Waals surface area contributed by atoms with E-state index in [1.165, 1.54) is 17.0 Å². The highest BCUT2D eigenvalue weighted by Gasteiger charge is 2.16. The number of pyridine rings is 1. The Morgan fingerprint density at radius 1 is 1.27 bits per heavy atom. The zero-order valence-corrected chi connectivity index (χ0v) is 12.5. The van der Waals surface area contributed by atoms with Gasteiger partial charge in [0.05, 0.1) is 23.0 Å². The summed E-state index contributed by atoms with van der Waals surface area (Å²) in [5, 5.41) is 4.74. The molecule has 0 saturated heterocycles. The van der Waals surface area contributed by atoms with Gasteiger partial charge in [0, 0.05) is 44.4 Å². The number of carbonyl (C=O) groups excluding carboxylic acids is 1. The summed E-state index contributed by atoms with van der Waals surface area (Å²) in [5.74, 6) is -0.532. The highest BCUT2D eigenvalue weighted by molar-refractivity contribution is 6.07. The minimum absolute atomic E-state index is 0.149. The molecule has 0 N–H and O–H groups in total. The summed E-state index contributed by atoms with van der Waals surface area (Å²) >= 11 is 0. The van der Waals surface area contributed by atoms with Crippen molar-refractivity contribution in [2.75, 3.05) is 14.1 Å². The van der Waals surface area contributed by atoms with E-state index >= 15 is 0 Å². The van der Waals surface area contributed by atoms with Crippen LogP contribution in [0, 0.1) is 5.82 Å². The summed E-state index contributed by atoms with van der Waals surface area (Å²) in [6.07, 6.45) is 3.47. The van der Waals surface area contributed by atoms with Gasteiger partial charge in [-0.2, -0.15) is 5.10 Å². The van der Waals surface area contributed by atoms with E-state index in [-0.39, 0.29) is 11.7 Å². The van der Waals surface area contributed by atoms with Crippen molar-refractivity contribution in [2.45, 2.75) is 0 Å². The van der Waals surface area contributed by atoms with Gasteiger partial charge in [-0.05, 0) is 18.2 Å². The first-order valence-electron chi connectivity index (χ1n) is 6.76. The van der Waals surface area contributed by atoms with Gasteiger partial charge in [-0.25, -0.2) is 9.37 Å². The second kappa shape index (κ2) is 5.22. The van der Waals surface area contributed by atoms with Crippen LogP contribution in [0.15, 0.2) is 36.7 Å². The Labute approximate surface area is 127 Å². The van der Waals surface area contributed by atoms with E-state index in [0.29, 0.717) is 22.2 Å². The molecule has 2 aromatic heterocycles. The minimum Gasteiger partial charge on any atom is -0.345 e. The quantitative estimate of drug-likeness (QED) is 0.730. The highest BCUT2D eigenvalue weighted by atomic mass is 19.1. The van der Waals surface area contributed by atoms with Crippen molar-refractivity contribution in [1.82, 2.24) is 19.7 Å². The fourth-order valence-electron chi connectivity index (χ4n) is 2.32. The molecule has 1 aromatic carbocycles. The number of halogens is 1. The second-order valence-corrected chi connectivity index (χ2v) is 5.32. The number of benzene rings is 1. The molecule has 0 aliphatic carbocycles. The van der Waals surface area contributed by atoms with Crippen LogP contribution in [-0.2, 0) is 7.05 Å². The molecule has 0 radical (unpaired) electrons. The van der Waals surface area contributed by atoms with Crippen LogP contribution in [0.25, 0.3) is 22.2 Å². The Morgan fingerprint density at radius 2 is 2.05 bits per heavy atom. The summed E-state index contributed by atoms with van der Waals surface area (Å²) in [4.78, 5) is 18.4. The lowest BCUT2D eigenvalue weighted by Gasteiger charge is -2.13. The van der Waals surface area contributed by atoms with Gasteiger partial charge in [0.25, 0.3) is 5.91 Å². The predicted octanol–water partition coefficient (Wildman–Crippen LogP) is 2.48. The van der Waals surface area contributed by atoms with E-state index in [1.807, 2.05) is 0 Å². The number of fused-ring (bicyclic) bond motifs is 1. The van der Waals surface area contributed by atoms with Gasteiger partial charge in [-0.3, -0.25) is 9.48 Å². The van der Waals surface area contributed by atoms with Crippen LogP contribution in [0.2, 0.25) is 0 Å². The van der Waals surface area contributed by atoms with Crippen LogP contribution in [0.1, 0.15) is 10.4 Å². The van der Waals surface area contributed by atoms with Crippen molar-refractivity contribution in [1.29, 1.82) is 0 Å². The first-order chi connectivity index (χ1) is 10.5. The number of nitrogens with zero attached hydrogens (tertiary/aromatic N) is 4. The Bertz CT molecular complexity index is 870. The Hall–Kier alpha value is -2.76. The molecule has 0 atom stereocenters. The van der Waals surface area contributed by atoms with Crippen molar-refractivity contribution in [3.63, 3.8) is 0 Å². The number of aromatic nitrogens is 3. The zero-order valence-electron chi connectivity index (χ0n) is 12.5. The molecule has 0 bridgehead atoms. The molecule has 2 heterocycles. The second-order valence-electron chi connectivity index (χ2n) is 5.32. The Kier molecular flexibility index (Phi) is 3.36. The Morgan fingerprint density at radius 3 is 2.68 bits per heavy atom. The summed E-state index contributed by atoms with van der Waals surface area (Å²) < 4.78 is 15.2. The van der Waals surface area contributed by atoms with E-state index in [0.717, 1.165) is 5.56 Å². The van der Waals surface area contributed by atoms with Gasteiger partial charge >= 0.3 is 0 Å². The molecule has 0 aliphatic heterocycles. The normalized spacial score (nSPS) is 10.9. The minimum atomic E-state index is -0.383. The van der Waals surface area contributed by atoms with Gasteiger partial charge in [-0.1, -0.05) is 0 Å². The third-order valence-corrected chi connectivity index (χ3v) is 3.41. The average Bonchev–Trinajstić information content (AvgIpc) is 2.91. The summed E-state index contributed by atoms with van der Waals surface area (Å²) in [7, 11) is 5.17. The van der Waals surface area contributed by atoms with Crippen molar-refractivity contribution in [2.24, 2.45) is 7.05 Å². The van der Waals surface area contributed by atoms with Crippen LogP contribution in [0.3, 0.4) is 0 Å². The largest absolute Gasteiger partial charge is 0.345 e. The molecule has 0 unspecified atom stereocenters. The molecule has 112 valence electrons. The van der Waals surface area contributed by atoms with Crippen LogP contribution >= 0.6 is 0 Å². The number of hydrogen-bond donors (Lipinski definition) is 0. The van der Waals surface area contributed by atoms with Crippen molar-refractivity contribution in [3.05, 3.63) is 48.0 Å². The Balaban J connectivity index is 2.29. The van der Waals surface area contributed by atoms with E-state index < -0.39 is 0 Å². The molecule has 0 fully saturated rings. The summed E-state index contributed by atoms with van der Waals surface area (Å²) in [6.45, 7) is 0. The average molecular weight is 298 g/mol. The van der Waals surface area contributed by atoms with E-state index in [2.05, 4.69) is 10.1 Å². The van der Waals surface area contributed by atoms with Gasteiger partial charge in [0.2, 0.25) is 0 Å². The van der Waals surface area contributed by atoms with Gasteiger partial charge in [0.15, 0.2) is 0 Å². The fraction of sp³-hybridized carbons (Fsp3) is 0.188. The van der Waals surface area contributed by atoms with E-state index in [1.54, 1.807) is 50.4 Å². The SMILES string of the molecule is CN(C)C(=O)c1cc(-c2cnn(C)c2)nc2cc(F)ccc12. The number of aryl methyl sites for hydroxylation is 1. The van der Waals surface area contributed by atoms with Crippen LogP contribution in [-0.4, -0.2) is 39.7 Å². The molecule has 0 spiro atoms. The standard InChI is InChI=1S/C16H15FN4O/c1-20(2)16(22)13-7-14(10-8-18-21(3)9-10)19-15-6-11(17)4-5-12(13)15/h4-9H,1-3H3. The molecule has 3 aromatic rings. The van der Waals surface area contributed by atoms with Gasteiger partial charge in [-0.15, -0.1) is 0 Å². The number of amides is 1. The first kappa shape index (κ1) is 14.2. The fourth-order valence-corrected chi connectivity index (χ4v) is 2.32. The molecule has 0 saturated carbocycles. The summed E-state index contributed by atoms with van der Waals surface area (Å²) in [6, 6.07) is 5.98. The number of rotatable bonds is 2. The van der Waals surface area contributed by atoms with Crippen molar-refractivity contribution in [3.8, 4) is 11.3 Å². The van der Waals surface area contributed by atoms with Crippen LogP contribution in [0.4, 0.5) is 4.39 Å². The molecule has 3 rings (SSSR count). The third-order valence-electron chi connectivity index (χ3n) is 3.41. The topological polar surface area (TPSA) is 51.0 Å². The van der Waals surface area contributed by atoms with E-state index in [4.69, 9.17) is 0 Å². The number of carbonyl (C=O) groups is 1. The van der Waals surface area contributed by atoms with Gasteiger partial charge in [0.1, 0.15) is 5.82 Å². The zero-order chi connectivity index (χ0) is 15.9. The molecule has 0 aliphatic rings. The molecular weight excluding hydrogens is 283 g/mol. The molecule has 1 amide bonds. The lowest BCUT2D eigenvalue weighted by atomic mass is 10.0. The van der Waals surface area contributed by atoms with Crippen LogP contribution in [0.5, 0.6) is 0 Å². The molecular formula is C16H15FN4O. The molecule has 22 heavy (non-hydrogen) atoms. The predicted molar refractivity (Wildman–Crippen MR) is 81.9 cm³/mol. The maximum Gasteiger partial charge on any atom is 0.254 e. The number of hydrogen-bond acceptors (Lipinski definition) is 3. The van der Waals surface area contributed by atoms with Gasteiger partial charge < -0.3 is 4.90 Å².